The van der Waals surface area contributed by atoms with Crippen molar-refractivity contribution in [1.29, 1.82) is 0 Å². The number of carbonyl (C=O) groups is 2. The van der Waals surface area contributed by atoms with E-state index in [1.165, 1.54) is 0 Å². The van der Waals surface area contributed by atoms with E-state index >= 15 is 0 Å². The van der Waals surface area contributed by atoms with Crippen molar-refractivity contribution in [3.63, 3.8) is 0 Å². The fourth-order valence-corrected chi connectivity index (χ4v) is 1.54. The van der Waals surface area contributed by atoms with Crippen LogP contribution in [0.5, 0.6) is 0 Å². The molecule has 0 saturated heterocycles. The number of carbonyl (C=O) groups excluding carboxylic acids is 2. The molecule has 0 saturated carbocycles. The molecule has 0 spiro atoms. The molecule has 1 aromatic rings. The maximum atomic E-state index is 12.0. The first kappa shape index (κ1) is 16.2. The van der Waals surface area contributed by atoms with Gasteiger partial charge in [0.25, 0.3) is 0 Å². The van der Waals surface area contributed by atoms with Gasteiger partial charge in [0.15, 0.2) is 0 Å². The van der Waals surface area contributed by atoms with Crippen LogP contribution in [-0.4, -0.2) is 17.9 Å². The third kappa shape index (κ3) is 4.68. The molecule has 4 heteroatoms. The van der Waals surface area contributed by atoms with E-state index < -0.39 is 17.4 Å². The first-order valence-electron chi connectivity index (χ1n) is 6.78. The van der Waals surface area contributed by atoms with Gasteiger partial charge in [0.05, 0.1) is 0 Å². The van der Waals surface area contributed by atoms with Gasteiger partial charge in [-0.2, -0.15) is 0 Å². The van der Waals surface area contributed by atoms with E-state index in [0.717, 1.165) is 5.56 Å². The summed E-state index contributed by atoms with van der Waals surface area (Å²) in [6.07, 6.45) is -0.335. The summed E-state index contributed by atoms with van der Waals surface area (Å²) in [5.74, 6) is -0.603. The standard InChI is InChI=1S/C16H23NO3/c1-11(17-15(19)16(3,4)5)14(18)20-12(2)13-9-7-6-8-10-13/h6-12H,1-5H3,(H,17,19). The summed E-state index contributed by atoms with van der Waals surface area (Å²) < 4.78 is 5.36. The van der Waals surface area contributed by atoms with Gasteiger partial charge in [-0.15, -0.1) is 0 Å². The van der Waals surface area contributed by atoms with Crippen LogP contribution in [0.4, 0.5) is 0 Å². The van der Waals surface area contributed by atoms with Crippen molar-refractivity contribution in [2.75, 3.05) is 0 Å². The Morgan fingerprint density at radius 3 is 2.15 bits per heavy atom. The van der Waals surface area contributed by atoms with Crippen molar-refractivity contribution in [3.05, 3.63) is 35.9 Å². The Balaban J connectivity index is 2.56. The average molecular weight is 277 g/mol. The minimum Gasteiger partial charge on any atom is -0.456 e. The number of nitrogens with one attached hydrogen (secondary N) is 1. The SMILES string of the molecule is CC(NC(=O)C(C)(C)C)C(=O)OC(C)c1ccccc1. The van der Waals surface area contributed by atoms with E-state index in [9.17, 15) is 9.59 Å². The smallest absolute Gasteiger partial charge is 0.328 e. The third-order valence-corrected chi connectivity index (χ3v) is 2.94. The van der Waals surface area contributed by atoms with E-state index in [1.807, 2.05) is 37.3 Å². The van der Waals surface area contributed by atoms with Crippen molar-refractivity contribution < 1.29 is 14.3 Å². The summed E-state index contributed by atoms with van der Waals surface area (Å²) >= 11 is 0. The molecular formula is C16H23NO3. The normalized spacial score (nSPS) is 14.2. The van der Waals surface area contributed by atoms with Crippen molar-refractivity contribution >= 4 is 11.9 Å². The number of benzene rings is 1. The first-order chi connectivity index (χ1) is 9.21. The van der Waals surface area contributed by atoms with Gasteiger partial charge in [-0.05, 0) is 19.4 Å². The monoisotopic (exact) mass is 277 g/mol. The molecule has 2 unspecified atom stereocenters. The van der Waals surface area contributed by atoms with Crippen molar-refractivity contribution in [2.24, 2.45) is 5.41 Å². The van der Waals surface area contributed by atoms with Crippen LogP contribution in [0.3, 0.4) is 0 Å². The van der Waals surface area contributed by atoms with E-state index in [0.29, 0.717) is 0 Å². The van der Waals surface area contributed by atoms with Crippen LogP contribution < -0.4 is 5.32 Å². The predicted molar refractivity (Wildman–Crippen MR) is 78.0 cm³/mol. The van der Waals surface area contributed by atoms with E-state index in [4.69, 9.17) is 4.74 Å². The predicted octanol–water partition coefficient (Wildman–Crippen LogP) is 2.84. The minimum atomic E-state index is -0.659. The van der Waals surface area contributed by atoms with Gasteiger partial charge in [-0.1, -0.05) is 51.1 Å². The van der Waals surface area contributed by atoms with Crippen LogP contribution in [0.1, 0.15) is 46.3 Å². The van der Waals surface area contributed by atoms with E-state index in [-0.39, 0.29) is 12.0 Å². The van der Waals surface area contributed by atoms with Gasteiger partial charge >= 0.3 is 5.97 Å². The summed E-state index contributed by atoms with van der Waals surface area (Å²) in [6, 6.07) is 8.83. The molecule has 2 atom stereocenters. The fraction of sp³-hybridized carbons (Fsp3) is 0.500. The topological polar surface area (TPSA) is 55.4 Å². The number of ether oxygens (including phenoxy) is 1. The molecule has 0 bridgehead atoms. The zero-order valence-electron chi connectivity index (χ0n) is 12.8. The lowest BCUT2D eigenvalue weighted by molar-refractivity contribution is -0.152. The molecule has 1 N–H and O–H groups in total. The molecule has 0 aliphatic carbocycles. The van der Waals surface area contributed by atoms with Crippen LogP contribution in [-0.2, 0) is 14.3 Å². The third-order valence-electron chi connectivity index (χ3n) is 2.94. The molecule has 110 valence electrons. The molecular weight excluding hydrogens is 254 g/mol. The second-order valence-electron chi connectivity index (χ2n) is 5.93. The fourth-order valence-electron chi connectivity index (χ4n) is 1.54. The lowest BCUT2D eigenvalue weighted by atomic mass is 9.95. The highest BCUT2D eigenvalue weighted by Crippen LogP contribution is 2.17. The van der Waals surface area contributed by atoms with E-state index in [1.54, 1.807) is 27.7 Å². The lowest BCUT2D eigenvalue weighted by Gasteiger charge is -2.22. The van der Waals surface area contributed by atoms with Gasteiger partial charge in [0.1, 0.15) is 12.1 Å². The van der Waals surface area contributed by atoms with Crippen LogP contribution in [0.15, 0.2) is 30.3 Å². The maximum absolute atomic E-state index is 12.0. The number of hydrogen-bond acceptors (Lipinski definition) is 3. The Hall–Kier alpha value is -1.84. The molecule has 0 aliphatic rings. The highest BCUT2D eigenvalue weighted by molar-refractivity contribution is 5.87. The molecule has 20 heavy (non-hydrogen) atoms. The minimum absolute atomic E-state index is 0.172. The maximum Gasteiger partial charge on any atom is 0.328 e. The van der Waals surface area contributed by atoms with Crippen molar-refractivity contribution in [3.8, 4) is 0 Å². The second kappa shape index (κ2) is 6.55. The van der Waals surface area contributed by atoms with Crippen LogP contribution in [0.25, 0.3) is 0 Å². The Labute approximate surface area is 120 Å². The number of esters is 1. The van der Waals surface area contributed by atoms with E-state index in [2.05, 4.69) is 5.32 Å². The Morgan fingerprint density at radius 2 is 1.65 bits per heavy atom. The van der Waals surface area contributed by atoms with Crippen molar-refractivity contribution in [2.45, 2.75) is 46.8 Å². The Bertz CT molecular complexity index is 462. The number of rotatable bonds is 4. The van der Waals surface area contributed by atoms with Crippen LogP contribution in [0.2, 0.25) is 0 Å². The van der Waals surface area contributed by atoms with Crippen LogP contribution >= 0.6 is 0 Å². The summed E-state index contributed by atoms with van der Waals surface area (Å²) in [5, 5.41) is 2.66. The Kier molecular flexibility index (Phi) is 5.31. The van der Waals surface area contributed by atoms with Gasteiger partial charge in [0, 0.05) is 5.41 Å². The highest BCUT2D eigenvalue weighted by atomic mass is 16.5. The average Bonchev–Trinajstić information content (AvgIpc) is 2.38. The molecule has 0 heterocycles. The molecule has 0 aliphatic heterocycles. The molecule has 1 rings (SSSR count). The van der Waals surface area contributed by atoms with Gasteiger partial charge < -0.3 is 10.1 Å². The summed E-state index contributed by atoms with van der Waals surface area (Å²) in [6.45, 7) is 8.84. The molecule has 1 aromatic carbocycles. The first-order valence-corrected chi connectivity index (χ1v) is 6.78. The second-order valence-corrected chi connectivity index (χ2v) is 5.93. The molecule has 1 amide bonds. The number of hydrogen-bond donors (Lipinski definition) is 1. The van der Waals surface area contributed by atoms with Gasteiger partial charge in [-0.3, -0.25) is 4.79 Å². The molecule has 4 nitrogen and oxygen atoms in total. The molecule has 0 aromatic heterocycles. The highest BCUT2D eigenvalue weighted by Gasteiger charge is 2.26. The quantitative estimate of drug-likeness (QED) is 0.861. The Morgan fingerprint density at radius 1 is 1.10 bits per heavy atom. The number of amides is 1. The largest absolute Gasteiger partial charge is 0.456 e. The zero-order chi connectivity index (χ0) is 15.3. The summed E-state index contributed by atoms with van der Waals surface area (Å²) in [7, 11) is 0. The van der Waals surface area contributed by atoms with Gasteiger partial charge in [0.2, 0.25) is 5.91 Å². The summed E-state index contributed by atoms with van der Waals surface area (Å²) in [4.78, 5) is 23.8. The molecule has 0 radical (unpaired) electrons. The molecule has 0 fully saturated rings. The summed E-state index contributed by atoms with van der Waals surface area (Å²) in [5.41, 5.74) is 0.398. The zero-order valence-corrected chi connectivity index (χ0v) is 12.8. The van der Waals surface area contributed by atoms with Gasteiger partial charge in [-0.25, -0.2) is 4.79 Å². The lowest BCUT2D eigenvalue weighted by Crippen LogP contribution is -2.44. The van der Waals surface area contributed by atoms with Crippen molar-refractivity contribution in [1.82, 2.24) is 5.32 Å². The van der Waals surface area contributed by atoms with Crippen LogP contribution in [0, 0.1) is 5.41 Å².